The van der Waals surface area contributed by atoms with E-state index >= 15 is 0 Å². The lowest BCUT2D eigenvalue weighted by molar-refractivity contribution is 1.15. The Morgan fingerprint density at radius 2 is 1.75 bits per heavy atom. The molecule has 0 aliphatic heterocycles. The highest BCUT2D eigenvalue weighted by Gasteiger charge is 2.63. The Morgan fingerprint density at radius 3 is 1.75 bits per heavy atom. The molecule has 8 heavy (non-hydrogen) atoms. The minimum atomic E-state index is -0.754. The third-order valence-electron chi connectivity index (χ3n) is 1.29. The van der Waals surface area contributed by atoms with Crippen LogP contribution in [0, 0.1) is 0 Å². The van der Waals surface area contributed by atoms with Crippen molar-refractivity contribution >= 4 is 34.8 Å². The second-order valence-electron chi connectivity index (χ2n) is 1.95. The molecule has 0 spiro atoms. The Hall–Kier alpha value is 0.610. The summed E-state index contributed by atoms with van der Waals surface area (Å²) in [5.74, 6) is 0. The van der Waals surface area contributed by atoms with Crippen molar-refractivity contribution in [2.45, 2.75) is 15.6 Å². The average Bonchev–Trinajstić information content (AvgIpc) is 2.10. The highest BCUT2D eigenvalue weighted by Crippen LogP contribution is 2.61. The Labute approximate surface area is 63.4 Å². The second kappa shape index (κ2) is 1.56. The number of allylic oxidation sites excluding steroid dienone is 1. The smallest absolute Gasteiger partial charge is 0.111 e. The lowest BCUT2D eigenvalue weighted by atomic mass is 10.4. The van der Waals surface area contributed by atoms with Crippen molar-refractivity contribution in [2.24, 2.45) is 0 Å². The van der Waals surface area contributed by atoms with Crippen molar-refractivity contribution in [3.63, 3.8) is 0 Å². The summed E-state index contributed by atoms with van der Waals surface area (Å²) in [5, 5.41) is 0. The van der Waals surface area contributed by atoms with Crippen molar-refractivity contribution in [3.05, 3.63) is 12.7 Å². The predicted molar refractivity (Wildman–Crippen MR) is 37.8 cm³/mol. The van der Waals surface area contributed by atoms with Gasteiger partial charge < -0.3 is 0 Å². The maximum atomic E-state index is 5.74. The first-order chi connectivity index (χ1) is 3.52. The van der Waals surface area contributed by atoms with E-state index in [1.165, 1.54) is 0 Å². The molecule has 0 aromatic carbocycles. The van der Waals surface area contributed by atoms with Crippen LogP contribution in [0.4, 0.5) is 0 Å². The van der Waals surface area contributed by atoms with Crippen molar-refractivity contribution in [1.29, 1.82) is 0 Å². The van der Waals surface area contributed by atoms with Gasteiger partial charge in [0.1, 0.15) is 4.33 Å². The summed E-state index contributed by atoms with van der Waals surface area (Å²) < 4.78 is -0.754. The zero-order chi connectivity index (χ0) is 6.41. The molecule has 0 nitrogen and oxygen atoms in total. The highest BCUT2D eigenvalue weighted by molar-refractivity contribution is 6.58. The van der Waals surface area contributed by atoms with Crippen LogP contribution in [0.15, 0.2) is 12.7 Å². The molecule has 1 saturated carbocycles. The van der Waals surface area contributed by atoms with Gasteiger partial charge in [-0.3, -0.25) is 0 Å². The fourth-order valence-electron chi connectivity index (χ4n) is 0.500. The van der Waals surface area contributed by atoms with Gasteiger partial charge in [-0.2, -0.15) is 0 Å². The van der Waals surface area contributed by atoms with E-state index in [2.05, 4.69) is 6.58 Å². The first kappa shape index (κ1) is 6.73. The molecular weight excluding hydrogens is 166 g/mol. The van der Waals surface area contributed by atoms with Crippen LogP contribution in [0.2, 0.25) is 0 Å². The summed E-state index contributed by atoms with van der Waals surface area (Å²) >= 11 is 17.0. The second-order valence-corrected chi connectivity index (χ2v) is 4.11. The predicted octanol–water partition coefficient (Wildman–Crippen LogP) is 2.73. The molecule has 0 bridgehead atoms. The van der Waals surface area contributed by atoms with Crippen LogP contribution < -0.4 is 0 Å². The number of halogens is 3. The maximum Gasteiger partial charge on any atom is 0.143 e. The Kier molecular flexibility index (Phi) is 1.31. The van der Waals surface area contributed by atoms with Gasteiger partial charge in [0.25, 0.3) is 0 Å². The van der Waals surface area contributed by atoms with Crippen LogP contribution in [0.1, 0.15) is 6.42 Å². The summed E-state index contributed by atoms with van der Waals surface area (Å²) in [6.45, 7) is 3.49. The lowest BCUT2D eigenvalue weighted by Gasteiger charge is -1.98. The Morgan fingerprint density at radius 1 is 1.38 bits per heavy atom. The molecule has 1 aliphatic rings. The van der Waals surface area contributed by atoms with Gasteiger partial charge in [0.05, 0.1) is 4.87 Å². The van der Waals surface area contributed by atoms with E-state index in [-0.39, 0.29) is 0 Å². The van der Waals surface area contributed by atoms with Crippen LogP contribution in [0.3, 0.4) is 0 Å². The SMILES string of the molecule is C=CC1(Cl)CC1(Cl)Cl. The quantitative estimate of drug-likeness (QED) is 0.420. The molecule has 0 aromatic heterocycles. The molecule has 1 rings (SSSR count). The van der Waals surface area contributed by atoms with Crippen LogP contribution in [0.25, 0.3) is 0 Å². The molecular formula is C5H5Cl3. The number of hydrogen-bond acceptors (Lipinski definition) is 0. The molecule has 1 aliphatic carbocycles. The molecule has 0 heterocycles. The van der Waals surface area contributed by atoms with E-state index in [0.717, 1.165) is 0 Å². The lowest BCUT2D eigenvalue weighted by Crippen LogP contribution is -2.02. The first-order valence-corrected chi connectivity index (χ1v) is 3.35. The van der Waals surface area contributed by atoms with Crippen LogP contribution in [-0.4, -0.2) is 9.21 Å². The molecule has 0 saturated heterocycles. The third-order valence-corrected chi connectivity index (χ3v) is 3.03. The average molecular weight is 171 g/mol. The molecule has 3 heteroatoms. The van der Waals surface area contributed by atoms with E-state index in [4.69, 9.17) is 34.8 Å². The summed E-state index contributed by atoms with van der Waals surface area (Å²) in [7, 11) is 0. The van der Waals surface area contributed by atoms with E-state index in [1.54, 1.807) is 6.08 Å². The van der Waals surface area contributed by atoms with Crippen LogP contribution in [-0.2, 0) is 0 Å². The minimum Gasteiger partial charge on any atom is -0.111 e. The van der Waals surface area contributed by atoms with Crippen molar-refractivity contribution in [1.82, 2.24) is 0 Å². The standard InChI is InChI=1S/C5H5Cl3/c1-2-4(6)3-5(4,7)8/h2H,1,3H2. The number of hydrogen-bond donors (Lipinski definition) is 0. The molecule has 0 aromatic rings. The van der Waals surface area contributed by atoms with E-state index in [1.807, 2.05) is 0 Å². The minimum absolute atomic E-state index is 0.546. The number of rotatable bonds is 1. The van der Waals surface area contributed by atoms with E-state index in [0.29, 0.717) is 6.42 Å². The largest absolute Gasteiger partial charge is 0.143 e. The zero-order valence-corrected chi connectivity index (χ0v) is 6.39. The molecule has 0 N–H and O–H groups in total. The van der Waals surface area contributed by atoms with Gasteiger partial charge in [0.15, 0.2) is 0 Å². The molecule has 0 amide bonds. The molecule has 0 radical (unpaired) electrons. The first-order valence-electron chi connectivity index (χ1n) is 2.22. The molecule has 1 fully saturated rings. The topological polar surface area (TPSA) is 0 Å². The molecule has 46 valence electrons. The fourth-order valence-corrected chi connectivity index (χ4v) is 1.41. The Balaban J connectivity index is 2.68. The van der Waals surface area contributed by atoms with Crippen molar-refractivity contribution < 1.29 is 0 Å². The van der Waals surface area contributed by atoms with Crippen molar-refractivity contribution in [2.75, 3.05) is 0 Å². The summed E-state index contributed by atoms with van der Waals surface area (Å²) in [4.78, 5) is -0.546. The van der Waals surface area contributed by atoms with Gasteiger partial charge >= 0.3 is 0 Å². The molecule has 1 atom stereocenters. The van der Waals surface area contributed by atoms with Crippen molar-refractivity contribution in [3.8, 4) is 0 Å². The number of alkyl halides is 3. The van der Waals surface area contributed by atoms with Gasteiger partial charge in [-0.15, -0.1) is 18.2 Å². The van der Waals surface area contributed by atoms with Crippen LogP contribution in [0.5, 0.6) is 0 Å². The summed E-state index contributed by atoms with van der Waals surface area (Å²) in [6.07, 6.45) is 2.18. The highest BCUT2D eigenvalue weighted by atomic mass is 35.5. The van der Waals surface area contributed by atoms with Gasteiger partial charge in [0.2, 0.25) is 0 Å². The normalized spacial score (nSPS) is 41.4. The van der Waals surface area contributed by atoms with Gasteiger partial charge in [-0.05, 0) is 0 Å². The third kappa shape index (κ3) is 0.754. The van der Waals surface area contributed by atoms with Crippen LogP contribution >= 0.6 is 34.8 Å². The van der Waals surface area contributed by atoms with Gasteiger partial charge in [-0.25, -0.2) is 0 Å². The summed E-state index contributed by atoms with van der Waals surface area (Å²) in [5.41, 5.74) is 0. The van der Waals surface area contributed by atoms with E-state index < -0.39 is 9.21 Å². The zero-order valence-electron chi connectivity index (χ0n) is 4.13. The monoisotopic (exact) mass is 170 g/mol. The maximum absolute atomic E-state index is 5.74. The molecule has 1 unspecified atom stereocenters. The van der Waals surface area contributed by atoms with E-state index in [9.17, 15) is 0 Å². The summed E-state index contributed by atoms with van der Waals surface area (Å²) in [6, 6.07) is 0. The van der Waals surface area contributed by atoms with Gasteiger partial charge in [-0.1, -0.05) is 29.3 Å². The fraction of sp³-hybridized carbons (Fsp3) is 0.600. The van der Waals surface area contributed by atoms with Gasteiger partial charge in [0, 0.05) is 6.42 Å². The Bertz CT molecular complexity index is 130.